The number of methoxy groups -OCH3 is 1. The van der Waals surface area contributed by atoms with Gasteiger partial charge in [-0.2, -0.15) is 0 Å². The fraction of sp³-hybridized carbons (Fsp3) is 0.125. The molecule has 0 aliphatic heterocycles. The first kappa shape index (κ1) is 16.9. The third kappa shape index (κ3) is 4.29. The molecule has 2 amide bonds. The largest absolute Gasteiger partial charge is 0.490 e. The number of carbonyl (C=O) groups is 2. The van der Waals surface area contributed by atoms with Gasteiger partial charge in [0.2, 0.25) is 5.91 Å². The van der Waals surface area contributed by atoms with Crippen molar-refractivity contribution in [2.45, 2.75) is 0 Å². The maximum atomic E-state index is 12.0. The summed E-state index contributed by atoms with van der Waals surface area (Å²) in [6.07, 6.45) is 0. The second kappa shape index (κ2) is 7.73. The van der Waals surface area contributed by atoms with Crippen molar-refractivity contribution in [1.29, 1.82) is 0 Å². The van der Waals surface area contributed by atoms with Crippen LogP contribution in [0.25, 0.3) is 0 Å². The molecule has 0 spiro atoms. The third-order valence-corrected chi connectivity index (χ3v) is 3.10. The molecular formula is C16H15N3O5. The van der Waals surface area contributed by atoms with Crippen LogP contribution in [-0.4, -0.2) is 30.4 Å². The van der Waals surface area contributed by atoms with Gasteiger partial charge in [-0.05, 0) is 24.3 Å². The monoisotopic (exact) mass is 329 g/mol. The Morgan fingerprint density at radius 1 is 1.17 bits per heavy atom. The molecule has 0 saturated heterocycles. The van der Waals surface area contributed by atoms with Gasteiger partial charge in [-0.3, -0.25) is 19.7 Å². The zero-order valence-corrected chi connectivity index (χ0v) is 12.8. The quantitative estimate of drug-likeness (QED) is 0.622. The van der Waals surface area contributed by atoms with E-state index in [-0.39, 0.29) is 23.5 Å². The van der Waals surface area contributed by atoms with Gasteiger partial charge in [0.25, 0.3) is 5.91 Å². The lowest BCUT2D eigenvalue weighted by Crippen LogP contribution is -2.32. The number of nitro benzene ring substituents is 1. The van der Waals surface area contributed by atoms with E-state index in [4.69, 9.17) is 4.74 Å². The molecule has 0 aliphatic carbocycles. The van der Waals surface area contributed by atoms with Crippen molar-refractivity contribution in [2.24, 2.45) is 0 Å². The summed E-state index contributed by atoms with van der Waals surface area (Å²) in [5, 5.41) is 16.0. The summed E-state index contributed by atoms with van der Waals surface area (Å²) in [5.41, 5.74) is 0.353. The lowest BCUT2D eigenvalue weighted by molar-refractivity contribution is -0.385. The summed E-state index contributed by atoms with van der Waals surface area (Å²) in [7, 11) is 1.30. The lowest BCUT2D eigenvalue weighted by atomic mass is 10.1. The molecule has 8 heteroatoms. The van der Waals surface area contributed by atoms with E-state index in [1.165, 1.54) is 19.2 Å². The molecule has 0 saturated carbocycles. The van der Waals surface area contributed by atoms with Gasteiger partial charge in [-0.15, -0.1) is 0 Å². The summed E-state index contributed by atoms with van der Waals surface area (Å²) < 4.78 is 4.87. The molecule has 0 aromatic heterocycles. The van der Waals surface area contributed by atoms with Crippen LogP contribution >= 0.6 is 0 Å². The maximum absolute atomic E-state index is 12.0. The second-order valence-electron chi connectivity index (χ2n) is 4.74. The molecular weight excluding hydrogens is 314 g/mol. The maximum Gasteiger partial charge on any atom is 0.311 e. The van der Waals surface area contributed by atoms with E-state index < -0.39 is 16.7 Å². The van der Waals surface area contributed by atoms with Gasteiger partial charge in [0.15, 0.2) is 5.75 Å². The average molecular weight is 329 g/mol. The van der Waals surface area contributed by atoms with E-state index in [0.29, 0.717) is 5.69 Å². The summed E-state index contributed by atoms with van der Waals surface area (Å²) in [6, 6.07) is 12.6. The van der Waals surface area contributed by atoms with E-state index in [1.807, 2.05) is 6.07 Å². The Balaban J connectivity index is 1.98. The Morgan fingerprint density at radius 2 is 1.88 bits per heavy atom. The number of anilines is 1. The highest BCUT2D eigenvalue weighted by atomic mass is 16.6. The van der Waals surface area contributed by atoms with Crippen molar-refractivity contribution < 1.29 is 19.2 Å². The Kier molecular flexibility index (Phi) is 5.45. The van der Waals surface area contributed by atoms with E-state index in [9.17, 15) is 19.7 Å². The van der Waals surface area contributed by atoms with Crippen molar-refractivity contribution >= 4 is 23.2 Å². The Labute approximate surface area is 137 Å². The van der Waals surface area contributed by atoms with Crippen molar-refractivity contribution in [1.82, 2.24) is 5.32 Å². The van der Waals surface area contributed by atoms with Crippen LogP contribution in [0.2, 0.25) is 0 Å². The van der Waals surface area contributed by atoms with Gasteiger partial charge < -0.3 is 15.4 Å². The van der Waals surface area contributed by atoms with E-state index in [2.05, 4.69) is 10.6 Å². The minimum Gasteiger partial charge on any atom is -0.490 e. The summed E-state index contributed by atoms with van der Waals surface area (Å²) >= 11 is 0. The van der Waals surface area contributed by atoms with Crippen molar-refractivity contribution in [2.75, 3.05) is 19.0 Å². The number of hydrogen-bond donors (Lipinski definition) is 2. The second-order valence-corrected chi connectivity index (χ2v) is 4.74. The SMILES string of the molecule is COc1ccc(C(=O)NCC(=O)Nc2ccccc2)cc1[N+](=O)[O-]. The number of hydrogen-bond acceptors (Lipinski definition) is 5. The molecule has 2 aromatic carbocycles. The first-order chi connectivity index (χ1) is 11.5. The number of nitrogens with zero attached hydrogens (tertiary/aromatic N) is 1. The number of nitrogens with one attached hydrogen (secondary N) is 2. The molecule has 0 bridgehead atoms. The normalized spacial score (nSPS) is 9.88. The summed E-state index contributed by atoms with van der Waals surface area (Å²) in [5.74, 6) is -0.945. The molecule has 2 aromatic rings. The zero-order valence-electron chi connectivity index (χ0n) is 12.8. The first-order valence-corrected chi connectivity index (χ1v) is 6.97. The van der Waals surface area contributed by atoms with Gasteiger partial charge >= 0.3 is 5.69 Å². The van der Waals surface area contributed by atoms with Crippen LogP contribution in [0.15, 0.2) is 48.5 Å². The highest BCUT2D eigenvalue weighted by molar-refractivity contribution is 5.99. The Hall–Kier alpha value is -3.42. The molecule has 2 N–H and O–H groups in total. The van der Waals surface area contributed by atoms with E-state index in [1.54, 1.807) is 24.3 Å². The Bertz CT molecular complexity index is 762. The van der Waals surface area contributed by atoms with Gasteiger partial charge in [-0.1, -0.05) is 18.2 Å². The highest BCUT2D eigenvalue weighted by Crippen LogP contribution is 2.27. The number of para-hydroxylation sites is 1. The van der Waals surface area contributed by atoms with Crippen LogP contribution in [0.4, 0.5) is 11.4 Å². The number of nitro groups is 1. The number of ether oxygens (including phenoxy) is 1. The highest BCUT2D eigenvalue weighted by Gasteiger charge is 2.18. The van der Waals surface area contributed by atoms with Crippen LogP contribution < -0.4 is 15.4 Å². The molecule has 0 fully saturated rings. The smallest absolute Gasteiger partial charge is 0.311 e. The standard InChI is InChI=1S/C16H15N3O5/c1-24-14-8-7-11(9-13(14)19(22)23)16(21)17-10-15(20)18-12-5-3-2-4-6-12/h2-9H,10H2,1H3,(H,17,21)(H,18,20). The summed E-state index contributed by atoms with van der Waals surface area (Å²) in [4.78, 5) is 34.1. The van der Waals surface area contributed by atoms with Crippen LogP contribution in [-0.2, 0) is 4.79 Å². The van der Waals surface area contributed by atoms with Crippen LogP contribution in [0.5, 0.6) is 5.75 Å². The molecule has 0 unspecified atom stereocenters. The van der Waals surface area contributed by atoms with Crippen molar-refractivity contribution in [3.05, 3.63) is 64.2 Å². The fourth-order valence-electron chi connectivity index (χ4n) is 1.96. The molecule has 2 rings (SSSR count). The third-order valence-electron chi connectivity index (χ3n) is 3.10. The van der Waals surface area contributed by atoms with Crippen molar-refractivity contribution in [3.8, 4) is 5.75 Å². The van der Waals surface area contributed by atoms with E-state index in [0.717, 1.165) is 6.07 Å². The number of carbonyl (C=O) groups excluding carboxylic acids is 2. The molecule has 124 valence electrons. The molecule has 24 heavy (non-hydrogen) atoms. The molecule has 0 radical (unpaired) electrons. The first-order valence-electron chi connectivity index (χ1n) is 6.97. The van der Waals surface area contributed by atoms with Crippen LogP contribution in [0.1, 0.15) is 10.4 Å². The lowest BCUT2D eigenvalue weighted by Gasteiger charge is -2.08. The molecule has 0 atom stereocenters. The number of rotatable bonds is 6. The van der Waals surface area contributed by atoms with Gasteiger partial charge in [0, 0.05) is 17.3 Å². The van der Waals surface area contributed by atoms with Gasteiger partial charge in [0.1, 0.15) is 0 Å². The average Bonchev–Trinajstić information content (AvgIpc) is 2.59. The molecule has 8 nitrogen and oxygen atoms in total. The predicted molar refractivity (Wildman–Crippen MR) is 87.1 cm³/mol. The summed E-state index contributed by atoms with van der Waals surface area (Å²) in [6.45, 7) is -0.256. The van der Waals surface area contributed by atoms with Gasteiger partial charge in [-0.25, -0.2) is 0 Å². The fourth-order valence-corrected chi connectivity index (χ4v) is 1.96. The van der Waals surface area contributed by atoms with Crippen molar-refractivity contribution in [3.63, 3.8) is 0 Å². The minimum absolute atomic E-state index is 0.0540. The molecule has 0 aliphatic rings. The minimum atomic E-state index is -0.641. The Morgan fingerprint density at radius 3 is 2.50 bits per heavy atom. The number of benzene rings is 2. The zero-order chi connectivity index (χ0) is 17.5. The molecule has 0 heterocycles. The topological polar surface area (TPSA) is 111 Å². The number of amides is 2. The predicted octanol–water partition coefficient (Wildman–Crippen LogP) is 1.97. The van der Waals surface area contributed by atoms with Crippen LogP contribution in [0, 0.1) is 10.1 Å². The van der Waals surface area contributed by atoms with Gasteiger partial charge in [0.05, 0.1) is 18.6 Å². The van der Waals surface area contributed by atoms with E-state index >= 15 is 0 Å². The van der Waals surface area contributed by atoms with Crippen LogP contribution in [0.3, 0.4) is 0 Å².